The quantitative estimate of drug-likeness (QED) is 0.710. The van der Waals surface area contributed by atoms with E-state index >= 15 is 0 Å². The number of rotatable bonds is 1. The highest BCUT2D eigenvalue weighted by molar-refractivity contribution is 5.78. The van der Waals surface area contributed by atoms with E-state index in [0.29, 0.717) is 6.04 Å². The van der Waals surface area contributed by atoms with Crippen LogP contribution in [0.2, 0.25) is 0 Å². The van der Waals surface area contributed by atoms with Gasteiger partial charge in [-0.3, -0.25) is 0 Å². The normalized spacial score (nSPS) is 19.0. The van der Waals surface area contributed by atoms with Gasteiger partial charge in [0.1, 0.15) is 0 Å². The Morgan fingerprint density at radius 3 is 2.52 bits per heavy atom. The summed E-state index contributed by atoms with van der Waals surface area (Å²) in [4.78, 5) is 2.27. The second-order valence-electron chi connectivity index (χ2n) is 5.59. The van der Waals surface area contributed by atoms with Crippen LogP contribution in [0.25, 0.3) is 11.6 Å². The van der Waals surface area contributed by atoms with Gasteiger partial charge in [0, 0.05) is 12.4 Å². The molecule has 0 amide bonds. The molecule has 0 radical (unpaired) electrons. The summed E-state index contributed by atoms with van der Waals surface area (Å²) < 4.78 is 0. The van der Waals surface area contributed by atoms with Crippen molar-refractivity contribution in [3.05, 3.63) is 95.3 Å². The van der Waals surface area contributed by atoms with Gasteiger partial charge in [0.25, 0.3) is 0 Å². The minimum absolute atomic E-state index is 0.297. The number of fused-ring (bicyclic) bond motifs is 3. The largest absolute Gasteiger partial charge is 0.343 e. The molecule has 1 atom stereocenters. The summed E-state index contributed by atoms with van der Waals surface area (Å²) >= 11 is 0. The van der Waals surface area contributed by atoms with Crippen molar-refractivity contribution in [2.75, 3.05) is 0 Å². The van der Waals surface area contributed by atoms with Crippen molar-refractivity contribution in [1.82, 2.24) is 4.90 Å². The molecule has 0 fully saturated rings. The van der Waals surface area contributed by atoms with Crippen LogP contribution >= 0.6 is 0 Å². The molecule has 2 aromatic rings. The second kappa shape index (κ2) is 4.78. The first kappa shape index (κ1) is 12.2. The number of allylic oxidation sites excluding steroid dienone is 2. The van der Waals surface area contributed by atoms with E-state index in [1.165, 1.54) is 27.8 Å². The van der Waals surface area contributed by atoms with Crippen molar-refractivity contribution in [2.24, 2.45) is 0 Å². The van der Waals surface area contributed by atoms with Gasteiger partial charge in [0.05, 0.1) is 6.04 Å². The lowest BCUT2D eigenvalue weighted by molar-refractivity contribution is 0.431. The summed E-state index contributed by atoms with van der Waals surface area (Å²) in [6.07, 6.45) is 11.1. The highest BCUT2D eigenvalue weighted by Crippen LogP contribution is 2.37. The van der Waals surface area contributed by atoms with Crippen molar-refractivity contribution in [3.63, 3.8) is 0 Å². The third-order valence-corrected chi connectivity index (χ3v) is 4.28. The molecule has 2 heterocycles. The highest BCUT2D eigenvalue weighted by atomic mass is 15.1. The molecule has 4 rings (SSSR count). The SMILES string of the molecule is Cc1ccccc1C1=CC2c3ccccc3C=CN2C=C1. The average Bonchev–Trinajstić information content (AvgIpc) is 2.55. The molecule has 0 saturated carbocycles. The maximum absolute atomic E-state index is 2.37. The van der Waals surface area contributed by atoms with Crippen molar-refractivity contribution >= 4 is 11.6 Å². The number of hydrogen-bond donors (Lipinski definition) is 0. The molecule has 0 N–H and O–H groups in total. The lowest BCUT2D eigenvalue weighted by Gasteiger charge is -2.33. The Bertz CT molecular complexity index is 780. The van der Waals surface area contributed by atoms with Crippen molar-refractivity contribution in [1.29, 1.82) is 0 Å². The summed E-state index contributed by atoms with van der Waals surface area (Å²) in [6, 6.07) is 17.5. The van der Waals surface area contributed by atoms with E-state index < -0.39 is 0 Å². The smallest absolute Gasteiger partial charge is 0.0778 e. The van der Waals surface area contributed by atoms with Crippen LogP contribution in [0, 0.1) is 6.92 Å². The molecule has 0 spiro atoms. The van der Waals surface area contributed by atoms with Gasteiger partial charge in [-0.25, -0.2) is 0 Å². The van der Waals surface area contributed by atoms with Crippen molar-refractivity contribution in [2.45, 2.75) is 13.0 Å². The fourth-order valence-electron chi connectivity index (χ4n) is 3.14. The Labute approximate surface area is 125 Å². The molecule has 0 aromatic heterocycles. The van der Waals surface area contributed by atoms with Crippen LogP contribution < -0.4 is 0 Å². The van der Waals surface area contributed by atoms with Crippen LogP contribution in [0.1, 0.15) is 28.3 Å². The average molecular weight is 271 g/mol. The molecule has 2 aromatic carbocycles. The van der Waals surface area contributed by atoms with Gasteiger partial charge in [0.15, 0.2) is 0 Å². The van der Waals surface area contributed by atoms with Crippen molar-refractivity contribution < 1.29 is 0 Å². The van der Waals surface area contributed by atoms with Crippen LogP contribution in [-0.4, -0.2) is 4.90 Å². The lowest BCUT2D eigenvalue weighted by Crippen LogP contribution is -2.22. The molecule has 21 heavy (non-hydrogen) atoms. The van der Waals surface area contributed by atoms with E-state index in [-0.39, 0.29) is 0 Å². The van der Waals surface area contributed by atoms with Gasteiger partial charge in [-0.05, 0) is 53.0 Å². The van der Waals surface area contributed by atoms with Crippen LogP contribution in [0.15, 0.2) is 73.1 Å². The van der Waals surface area contributed by atoms with Crippen LogP contribution in [0.5, 0.6) is 0 Å². The van der Waals surface area contributed by atoms with E-state index in [9.17, 15) is 0 Å². The van der Waals surface area contributed by atoms with Gasteiger partial charge < -0.3 is 4.90 Å². The Balaban J connectivity index is 1.82. The second-order valence-corrected chi connectivity index (χ2v) is 5.59. The van der Waals surface area contributed by atoms with E-state index in [2.05, 4.69) is 91.0 Å². The van der Waals surface area contributed by atoms with Gasteiger partial charge in [-0.15, -0.1) is 0 Å². The zero-order chi connectivity index (χ0) is 14.2. The first-order chi connectivity index (χ1) is 10.3. The molecule has 1 unspecified atom stereocenters. The summed E-state index contributed by atoms with van der Waals surface area (Å²) in [5.74, 6) is 0. The topological polar surface area (TPSA) is 3.24 Å². The molecule has 0 saturated heterocycles. The summed E-state index contributed by atoms with van der Waals surface area (Å²) in [7, 11) is 0. The number of aryl methyl sites for hydroxylation is 1. The first-order valence-electron chi connectivity index (χ1n) is 7.33. The van der Waals surface area contributed by atoms with Crippen LogP contribution in [0.3, 0.4) is 0 Å². The summed E-state index contributed by atoms with van der Waals surface area (Å²) in [6.45, 7) is 2.17. The Morgan fingerprint density at radius 2 is 1.62 bits per heavy atom. The van der Waals surface area contributed by atoms with Crippen molar-refractivity contribution in [3.8, 4) is 0 Å². The zero-order valence-electron chi connectivity index (χ0n) is 12.0. The highest BCUT2D eigenvalue weighted by Gasteiger charge is 2.23. The van der Waals surface area contributed by atoms with Crippen LogP contribution in [-0.2, 0) is 0 Å². The number of nitrogens with zero attached hydrogens (tertiary/aromatic N) is 1. The van der Waals surface area contributed by atoms with E-state index in [1.807, 2.05) is 0 Å². The molecule has 0 bridgehead atoms. The Morgan fingerprint density at radius 1 is 0.857 bits per heavy atom. The number of benzene rings is 2. The minimum atomic E-state index is 0.297. The van der Waals surface area contributed by atoms with Gasteiger partial charge in [-0.2, -0.15) is 0 Å². The summed E-state index contributed by atoms with van der Waals surface area (Å²) in [5.41, 5.74) is 6.63. The molecular formula is C20H17N. The predicted octanol–water partition coefficient (Wildman–Crippen LogP) is 4.93. The van der Waals surface area contributed by atoms with E-state index in [0.717, 1.165) is 0 Å². The molecule has 2 aliphatic heterocycles. The molecular weight excluding hydrogens is 254 g/mol. The molecule has 0 aliphatic carbocycles. The van der Waals surface area contributed by atoms with Gasteiger partial charge >= 0.3 is 0 Å². The predicted molar refractivity (Wildman–Crippen MR) is 88.4 cm³/mol. The van der Waals surface area contributed by atoms with E-state index in [4.69, 9.17) is 0 Å². The third kappa shape index (κ3) is 2.02. The first-order valence-corrected chi connectivity index (χ1v) is 7.33. The maximum Gasteiger partial charge on any atom is 0.0778 e. The van der Waals surface area contributed by atoms with E-state index in [1.54, 1.807) is 0 Å². The monoisotopic (exact) mass is 271 g/mol. The molecule has 1 heteroatoms. The standard InChI is InChI=1S/C20H17N/c1-15-6-2-4-8-18(15)17-11-13-21-12-10-16-7-3-5-9-19(16)20(21)14-17/h2-14,20H,1H3. The van der Waals surface area contributed by atoms with Gasteiger partial charge in [0.2, 0.25) is 0 Å². The fraction of sp³-hybridized carbons (Fsp3) is 0.100. The molecule has 2 aliphatic rings. The van der Waals surface area contributed by atoms with Gasteiger partial charge in [-0.1, -0.05) is 48.5 Å². The lowest BCUT2D eigenvalue weighted by atomic mass is 9.90. The maximum atomic E-state index is 2.37. The van der Waals surface area contributed by atoms with Crippen LogP contribution in [0.4, 0.5) is 0 Å². The fourth-order valence-corrected chi connectivity index (χ4v) is 3.14. The Hall–Kier alpha value is -2.54. The Kier molecular flexibility index (Phi) is 2.78. The minimum Gasteiger partial charge on any atom is -0.343 e. The molecule has 102 valence electrons. The molecule has 1 nitrogen and oxygen atoms in total. The zero-order valence-corrected chi connectivity index (χ0v) is 12.0. The summed E-state index contributed by atoms with van der Waals surface area (Å²) in [5, 5.41) is 0. The third-order valence-electron chi connectivity index (χ3n) is 4.28. The number of hydrogen-bond acceptors (Lipinski definition) is 1.